The SMILES string of the molecule is COc1ccc(Oc2cc(C#N)cc(C)n2)c(N)c1. The van der Waals surface area contributed by atoms with Gasteiger partial charge in [-0.1, -0.05) is 0 Å². The summed E-state index contributed by atoms with van der Waals surface area (Å²) in [7, 11) is 1.57. The van der Waals surface area contributed by atoms with Crippen LogP contribution >= 0.6 is 0 Å². The molecular weight excluding hydrogens is 242 g/mol. The topological polar surface area (TPSA) is 81.2 Å². The number of ether oxygens (including phenoxy) is 2. The van der Waals surface area contributed by atoms with Gasteiger partial charge in [-0.3, -0.25) is 0 Å². The Balaban J connectivity index is 2.31. The highest BCUT2D eigenvalue weighted by atomic mass is 16.5. The summed E-state index contributed by atoms with van der Waals surface area (Å²) in [5, 5.41) is 8.90. The van der Waals surface area contributed by atoms with Gasteiger partial charge in [-0.15, -0.1) is 0 Å². The van der Waals surface area contributed by atoms with Crippen molar-refractivity contribution < 1.29 is 9.47 Å². The average Bonchev–Trinajstić information content (AvgIpc) is 2.40. The van der Waals surface area contributed by atoms with Crippen LogP contribution in [0.1, 0.15) is 11.3 Å². The van der Waals surface area contributed by atoms with Crippen LogP contribution in [-0.2, 0) is 0 Å². The van der Waals surface area contributed by atoms with Gasteiger partial charge in [-0.25, -0.2) is 4.98 Å². The third-order valence-electron chi connectivity index (χ3n) is 2.49. The lowest BCUT2D eigenvalue weighted by Crippen LogP contribution is -1.96. The van der Waals surface area contributed by atoms with Crippen LogP contribution in [0.5, 0.6) is 17.4 Å². The van der Waals surface area contributed by atoms with Crippen molar-refractivity contribution in [2.24, 2.45) is 0 Å². The molecule has 0 unspecified atom stereocenters. The number of benzene rings is 1. The molecule has 0 aliphatic heterocycles. The van der Waals surface area contributed by atoms with E-state index in [4.69, 9.17) is 20.5 Å². The predicted molar refractivity (Wildman–Crippen MR) is 71.2 cm³/mol. The van der Waals surface area contributed by atoms with E-state index in [0.29, 0.717) is 34.3 Å². The van der Waals surface area contributed by atoms with Crippen molar-refractivity contribution in [2.45, 2.75) is 6.92 Å². The number of pyridine rings is 1. The molecule has 0 aliphatic carbocycles. The van der Waals surface area contributed by atoms with E-state index in [-0.39, 0.29) is 0 Å². The highest BCUT2D eigenvalue weighted by molar-refractivity contribution is 5.57. The minimum Gasteiger partial charge on any atom is -0.497 e. The number of aromatic nitrogens is 1. The molecular formula is C14H13N3O2. The zero-order chi connectivity index (χ0) is 13.8. The Morgan fingerprint density at radius 2 is 2.05 bits per heavy atom. The van der Waals surface area contributed by atoms with E-state index in [1.807, 2.05) is 0 Å². The molecule has 0 radical (unpaired) electrons. The van der Waals surface area contributed by atoms with Gasteiger partial charge in [0.2, 0.25) is 5.88 Å². The number of aryl methyl sites for hydroxylation is 1. The van der Waals surface area contributed by atoms with Crippen molar-refractivity contribution >= 4 is 5.69 Å². The highest BCUT2D eigenvalue weighted by Crippen LogP contribution is 2.30. The van der Waals surface area contributed by atoms with Crippen molar-refractivity contribution in [3.05, 3.63) is 41.6 Å². The molecule has 1 aromatic carbocycles. The van der Waals surface area contributed by atoms with E-state index in [9.17, 15) is 0 Å². The normalized spacial score (nSPS) is 9.74. The fraction of sp³-hybridized carbons (Fsp3) is 0.143. The number of nitrogens with zero attached hydrogens (tertiary/aromatic N) is 2. The van der Waals surface area contributed by atoms with Gasteiger partial charge in [0.1, 0.15) is 5.75 Å². The molecule has 0 fully saturated rings. The monoisotopic (exact) mass is 255 g/mol. The average molecular weight is 255 g/mol. The van der Waals surface area contributed by atoms with Crippen LogP contribution in [0.2, 0.25) is 0 Å². The molecule has 2 N–H and O–H groups in total. The van der Waals surface area contributed by atoms with Gasteiger partial charge in [0.25, 0.3) is 0 Å². The number of anilines is 1. The maximum atomic E-state index is 8.90. The highest BCUT2D eigenvalue weighted by Gasteiger charge is 2.06. The Morgan fingerprint density at radius 1 is 1.26 bits per heavy atom. The zero-order valence-corrected chi connectivity index (χ0v) is 10.7. The smallest absolute Gasteiger partial charge is 0.220 e. The first-order valence-corrected chi connectivity index (χ1v) is 5.62. The number of nitrogens with two attached hydrogens (primary N) is 1. The molecule has 5 nitrogen and oxygen atoms in total. The molecule has 2 rings (SSSR count). The lowest BCUT2D eigenvalue weighted by Gasteiger charge is -2.09. The summed E-state index contributed by atoms with van der Waals surface area (Å²) >= 11 is 0. The molecule has 0 bridgehead atoms. The minimum atomic E-state index is 0.341. The Kier molecular flexibility index (Phi) is 3.53. The Labute approximate surface area is 111 Å². The van der Waals surface area contributed by atoms with Crippen molar-refractivity contribution in [3.63, 3.8) is 0 Å². The van der Waals surface area contributed by atoms with Gasteiger partial charge in [-0.2, -0.15) is 5.26 Å². The van der Waals surface area contributed by atoms with E-state index >= 15 is 0 Å². The summed E-state index contributed by atoms with van der Waals surface area (Å²) in [4.78, 5) is 4.20. The van der Waals surface area contributed by atoms with Crippen molar-refractivity contribution in [3.8, 4) is 23.4 Å². The molecule has 0 saturated heterocycles. The molecule has 19 heavy (non-hydrogen) atoms. The van der Waals surface area contributed by atoms with Gasteiger partial charge in [0.15, 0.2) is 5.75 Å². The van der Waals surface area contributed by atoms with E-state index in [2.05, 4.69) is 11.1 Å². The molecule has 1 aromatic heterocycles. The summed E-state index contributed by atoms with van der Waals surface area (Å²) in [6, 6.07) is 10.4. The third-order valence-corrected chi connectivity index (χ3v) is 2.49. The van der Waals surface area contributed by atoms with Crippen molar-refractivity contribution in [1.29, 1.82) is 5.26 Å². The predicted octanol–water partition coefficient (Wildman–Crippen LogP) is 2.64. The quantitative estimate of drug-likeness (QED) is 0.852. The van der Waals surface area contributed by atoms with Gasteiger partial charge < -0.3 is 15.2 Å². The summed E-state index contributed by atoms with van der Waals surface area (Å²) in [5.41, 5.74) is 7.51. The number of hydrogen-bond acceptors (Lipinski definition) is 5. The molecule has 5 heteroatoms. The standard InChI is InChI=1S/C14H13N3O2/c1-9-5-10(8-15)6-14(17-9)19-13-4-3-11(18-2)7-12(13)16/h3-7H,16H2,1-2H3. The molecule has 0 amide bonds. The first-order chi connectivity index (χ1) is 9.12. The summed E-state index contributed by atoms with van der Waals surface area (Å²) in [6.45, 7) is 1.80. The van der Waals surface area contributed by atoms with E-state index in [1.165, 1.54) is 0 Å². The lowest BCUT2D eigenvalue weighted by molar-refractivity contribution is 0.412. The molecule has 2 aromatic rings. The fourth-order valence-electron chi connectivity index (χ4n) is 1.61. The zero-order valence-electron chi connectivity index (χ0n) is 10.7. The second kappa shape index (κ2) is 5.27. The summed E-state index contributed by atoms with van der Waals surface area (Å²) in [6.07, 6.45) is 0. The van der Waals surface area contributed by atoms with E-state index < -0.39 is 0 Å². The van der Waals surface area contributed by atoms with Crippen molar-refractivity contribution in [2.75, 3.05) is 12.8 Å². The molecule has 96 valence electrons. The number of nitriles is 1. The Hall–Kier alpha value is -2.74. The molecule has 1 heterocycles. The fourth-order valence-corrected chi connectivity index (χ4v) is 1.61. The molecule has 0 atom stereocenters. The van der Waals surface area contributed by atoms with Crippen LogP contribution in [-0.4, -0.2) is 12.1 Å². The van der Waals surface area contributed by atoms with E-state index in [0.717, 1.165) is 0 Å². The second-order valence-corrected chi connectivity index (χ2v) is 3.95. The van der Waals surface area contributed by atoms with Crippen molar-refractivity contribution in [1.82, 2.24) is 4.98 Å². The van der Waals surface area contributed by atoms with E-state index in [1.54, 1.807) is 44.4 Å². The lowest BCUT2D eigenvalue weighted by atomic mass is 10.2. The van der Waals surface area contributed by atoms with Crippen LogP contribution in [0, 0.1) is 18.3 Å². The van der Waals surface area contributed by atoms with Crippen LogP contribution in [0.25, 0.3) is 0 Å². The van der Waals surface area contributed by atoms with Gasteiger partial charge in [0.05, 0.1) is 24.4 Å². The number of hydrogen-bond donors (Lipinski definition) is 1. The van der Waals surface area contributed by atoms with Crippen LogP contribution in [0.4, 0.5) is 5.69 Å². The maximum Gasteiger partial charge on any atom is 0.220 e. The Bertz CT molecular complexity index is 648. The summed E-state index contributed by atoms with van der Waals surface area (Å²) in [5.74, 6) is 1.47. The van der Waals surface area contributed by atoms with Gasteiger partial charge in [0, 0.05) is 17.8 Å². The van der Waals surface area contributed by atoms with Crippen LogP contribution < -0.4 is 15.2 Å². The maximum absolute atomic E-state index is 8.90. The largest absolute Gasteiger partial charge is 0.497 e. The van der Waals surface area contributed by atoms with Crippen LogP contribution in [0.3, 0.4) is 0 Å². The number of rotatable bonds is 3. The Morgan fingerprint density at radius 3 is 2.68 bits per heavy atom. The first-order valence-electron chi connectivity index (χ1n) is 5.62. The van der Waals surface area contributed by atoms with Gasteiger partial charge >= 0.3 is 0 Å². The first kappa shape index (κ1) is 12.7. The third kappa shape index (κ3) is 2.93. The molecule has 0 aliphatic rings. The number of methoxy groups -OCH3 is 1. The number of nitrogen functional groups attached to an aromatic ring is 1. The minimum absolute atomic E-state index is 0.341. The molecule has 0 spiro atoms. The second-order valence-electron chi connectivity index (χ2n) is 3.95. The van der Waals surface area contributed by atoms with Gasteiger partial charge in [-0.05, 0) is 25.1 Å². The molecule has 0 saturated carbocycles. The summed E-state index contributed by atoms with van der Waals surface area (Å²) < 4.78 is 10.7. The van der Waals surface area contributed by atoms with Crippen LogP contribution in [0.15, 0.2) is 30.3 Å².